The molecule has 14 heavy (non-hydrogen) atoms. The van der Waals surface area contributed by atoms with Crippen LogP contribution in [0.15, 0.2) is 10.5 Å². The molecule has 0 fully saturated rings. The van der Waals surface area contributed by atoms with Gasteiger partial charge in [-0.15, -0.1) is 0 Å². The third-order valence-electron chi connectivity index (χ3n) is 2.79. The summed E-state index contributed by atoms with van der Waals surface area (Å²) in [7, 11) is 0. The van der Waals surface area contributed by atoms with Crippen molar-refractivity contribution in [1.82, 2.24) is 0 Å². The van der Waals surface area contributed by atoms with Gasteiger partial charge in [-0.05, 0) is 52.9 Å². The van der Waals surface area contributed by atoms with Gasteiger partial charge in [0.05, 0.1) is 0 Å². The molecular weight excluding hydrogens is 242 g/mol. The first-order valence-electron chi connectivity index (χ1n) is 4.72. The van der Waals surface area contributed by atoms with Crippen molar-refractivity contribution in [2.24, 2.45) is 0 Å². The molecular formula is C11H12BrNO. The van der Waals surface area contributed by atoms with Crippen molar-refractivity contribution in [1.29, 1.82) is 0 Å². The molecule has 0 unspecified atom stereocenters. The first-order valence-corrected chi connectivity index (χ1v) is 5.51. The Morgan fingerprint density at radius 2 is 2.14 bits per heavy atom. The monoisotopic (exact) mass is 253 g/mol. The summed E-state index contributed by atoms with van der Waals surface area (Å²) < 4.78 is 0.906. The summed E-state index contributed by atoms with van der Waals surface area (Å²) in [5.74, 6) is 0.239. The molecule has 1 aliphatic carbocycles. The first kappa shape index (κ1) is 9.71. The maximum Gasteiger partial charge on any atom is 0.163 e. The summed E-state index contributed by atoms with van der Waals surface area (Å²) in [6.07, 6.45) is 2.61. The van der Waals surface area contributed by atoms with Crippen LogP contribution >= 0.6 is 15.9 Å². The summed E-state index contributed by atoms with van der Waals surface area (Å²) in [5.41, 5.74) is 9.49. The van der Waals surface area contributed by atoms with Crippen molar-refractivity contribution >= 4 is 27.4 Å². The van der Waals surface area contributed by atoms with Gasteiger partial charge in [0.15, 0.2) is 5.78 Å². The zero-order valence-electron chi connectivity index (χ0n) is 8.06. The minimum Gasteiger partial charge on any atom is -0.398 e. The second kappa shape index (κ2) is 3.39. The summed E-state index contributed by atoms with van der Waals surface area (Å²) in [6.45, 7) is 1.92. The van der Waals surface area contributed by atoms with Crippen LogP contribution in [0, 0.1) is 6.92 Å². The molecule has 1 aliphatic rings. The summed E-state index contributed by atoms with van der Waals surface area (Å²) in [5, 5.41) is 0. The Balaban J connectivity index is 2.70. The summed E-state index contributed by atoms with van der Waals surface area (Å²) >= 11 is 3.41. The van der Waals surface area contributed by atoms with Gasteiger partial charge < -0.3 is 5.73 Å². The highest BCUT2D eigenvalue weighted by atomic mass is 79.9. The number of carbonyl (C=O) groups is 1. The lowest BCUT2D eigenvalue weighted by Gasteiger charge is -2.19. The standard InChI is InChI=1S/C11H12BrNO/c1-6-10-7(3-2-4-9(10)14)5-8(12)11(6)13/h5H,2-4,13H2,1H3. The average molecular weight is 254 g/mol. The summed E-state index contributed by atoms with van der Waals surface area (Å²) in [4.78, 5) is 11.7. The smallest absolute Gasteiger partial charge is 0.163 e. The molecule has 3 heteroatoms. The maximum atomic E-state index is 11.7. The normalized spacial score (nSPS) is 15.4. The van der Waals surface area contributed by atoms with Crippen LogP contribution in [0.5, 0.6) is 0 Å². The van der Waals surface area contributed by atoms with Gasteiger partial charge in [0.25, 0.3) is 0 Å². The number of ketones is 1. The summed E-state index contributed by atoms with van der Waals surface area (Å²) in [6, 6.07) is 1.98. The average Bonchev–Trinajstić information content (AvgIpc) is 2.14. The maximum absolute atomic E-state index is 11.7. The second-order valence-corrected chi connectivity index (χ2v) is 4.56. The van der Waals surface area contributed by atoms with E-state index >= 15 is 0 Å². The molecule has 0 aromatic heterocycles. The molecule has 0 heterocycles. The van der Waals surface area contributed by atoms with Crippen LogP contribution in [0.25, 0.3) is 0 Å². The number of nitrogens with two attached hydrogens (primary N) is 1. The molecule has 0 aliphatic heterocycles. The SMILES string of the molecule is Cc1c(N)c(Br)cc2c1C(=O)CCC2. The molecule has 2 rings (SSSR count). The fourth-order valence-corrected chi connectivity index (χ4v) is 2.58. The van der Waals surface area contributed by atoms with Crippen LogP contribution in [0.4, 0.5) is 5.69 Å². The number of carbonyl (C=O) groups excluding carboxylic acids is 1. The third-order valence-corrected chi connectivity index (χ3v) is 3.44. The molecule has 2 nitrogen and oxygen atoms in total. The highest BCUT2D eigenvalue weighted by Gasteiger charge is 2.21. The second-order valence-electron chi connectivity index (χ2n) is 3.71. The highest BCUT2D eigenvalue weighted by Crippen LogP contribution is 2.33. The topological polar surface area (TPSA) is 43.1 Å². The number of halogens is 1. The van der Waals surface area contributed by atoms with E-state index in [1.165, 1.54) is 0 Å². The molecule has 74 valence electrons. The Morgan fingerprint density at radius 1 is 1.43 bits per heavy atom. The van der Waals surface area contributed by atoms with Crippen LogP contribution in [0.2, 0.25) is 0 Å². The molecule has 0 bridgehead atoms. The molecule has 1 aromatic rings. The molecule has 1 aromatic carbocycles. The number of anilines is 1. The zero-order valence-corrected chi connectivity index (χ0v) is 9.65. The van der Waals surface area contributed by atoms with E-state index in [0.29, 0.717) is 12.1 Å². The minimum absolute atomic E-state index is 0.239. The van der Waals surface area contributed by atoms with Crippen LogP contribution < -0.4 is 5.73 Å². The van der Waals surface area contributed by atoms with Crippen molar-refractivity contribution in [3.8, 4) is 0 Å². The van der Waals surface area contributed by atoms with Crippen molar-refractivity contribution in [2.45, 2.75) is 26.2 Å². The Hall–Kier alpha value is -0.830. The van der Waals surface area contributed by atoms with Gasteiger partial charge >= 0.3 is 0 Å². The van der Waals surface area contributed by atoms with Gasteiger partial charge in [-0.1, -0.05) is 0 Å². The van der Waals surface area contributed by atoms with Crippen LogP contribution in [0.3, 0.4) is 0 Å². The largest absolute Gasteiger partial charge is 0.398 e. The van der Waals surface area contributed by atoms with Crippen LogP contribution in [-0.2, 0) is 6.42 Å². The number of rotatable bonds is 0. The van der Waals surface area contributed by atoms with E-state index in [4.69, 9.17) is 5.73 Å². The van der Waals surface area contributed by atoms with Crippen molar-refractivity contribution in [3.05, 3.63) is 27.2 Å². The quantitative estimate of drug-likeness (QED) is 0.723. The lowest BCUT2D eigenvalue weighted by Crippen LogP contribution is -2.14. The first-order chi connectivity index (χ1) is 6.61. The third kappa shape index (κ3) is 1.36. The van der Waals surface area contributed by atoms with E-state index in [-0.39, 0.29) is 5.78 Å². The number of nitrogen functional groups attached to an aromatic ring is 1. The van der Waals surface area contributed by atoms with Gasteiger partial charge in [0.1, 0.15) is 0 Å². The minimum atomic E-state index is 0.239. The predicted octanol–water partition coefficient (Wildman–Crippen LogP) is 2.86. The number of hydrogen-bond donors (Lipinski definition) is 1. The Kier molecular flexibility index (Phi) is 2.35. The van der Waals surface area contributed by atoms with E-state index in [1.54, 1.807) is 0 Å². The number of hydrogen-bond acceptors (Lipinski definition) is 2. The lowest BCUT2D eigenvalue weighted by atomic mass is 9.87. The van der Waals surface area contributed by atoms with Crippen molar-refractivity contribution in [3.63, 3.8) is 0 Å². The fraction of sp³-hybridized carbons (Fsp3) is 0.364. The highest BCUT2D eigenvalue weighted by molar-refractivity contribution is 9.10. The number of benzene rings is 1. The molecule has 2 N–H and O–H groups in total. The molecule has 0 saturated heterocycles. The van der Waals surface area contributed by atoms with Crippen LogP contribution in [0.1, 0.15) is 34.3 Å². The van der Waals surface area contributed by atoms with Gasteiger partial charge in [-0.25, -0.2) is 0 Å². The molecule has 0 spiro atoms. The van der Waals surface area contributed by atoms with Gasteiger partial charge in [0.2, 0.25) is 0 Å². The molecule has 0 atom stereocenters. The Morgan fingerprint density at radius 3 is 2.86 bits per heavy atom. The molecule has 0 saturated carbocycles. The number of aryl methyl sites for hydroxylation is 1. The molecule has 0 amide bonds. The fourth-order valence-electron chi connectivity index (χ4n) is 2.01. The van der Waals surface area contributed by atoms with E-state index in [1.807, 2.05) is 13.0 Å². The number of Topliss-reactive ketones (excluding diaryl/α,β-unsaturated/α-hetero) is 1. The molecule has 0 radical (unpaired) electrons. The Bertz CT molecular complexity index is 412. The Labute approximate surface area is 91.6 Å². The van der Waals surface area contributed by atoms with E-state index in [0.717, 1.165) is 34.0 Å². The van der Waals surface area contributed by atoms with E-state index in [9.17, 15) is 4.79 Å². The zero-order chi connectivity index (χ0) is 10.3. The van der Waals surface area contributed by atoms with Crippen LogP contribution in [-0.4, -0.2) is 5.78 Å². The van der Waals surface area contributed by atoms with E-state index in [2.05, 4.69) is 15.9 Å². The van der Waals surface area contributed by atoms with Gasteiger partial charge in [-0.3, -0.25) is 4.79 Å². The predicted molar refractivity (Wildman–Crippen MR) is 60.6 cm³/mol. The van der Waals surface area contributed by atoms with Crippen molar-refractivity contribution in [2.75, 3.05) is 5.73 Å². The number of fused-ring (bicyclic) bond motifs is 1. The van der Waals surface area contributed by atoms with Crippen molar-refractivity contribution < 1.29 is 4.79 Å². The van der Waals surface area contributed by atoms with E-state index < -0.39 is 0 Å². The van der Waals surface area contributed by atoms with Gasteiger partial charge in [-0.2, -0.15) is 0 Å². The van der Waals surface area contributed by atoms with Gasteiger partial charge in [0, 0.05) is 22.1 Å². The lowest BCUT2D eigenvalue weighted by molar-refractivity contribution is 0.0972.